The zero-order valence-electron chi connectivity index (χ0n) is 10.0. The van der Waals surface area contributed by atoms with Crippen LogP contribution in [0.15, 0.2) is 12.2 Å². The first-order valence-corrected chi connectivity index (χ1v) is 5.12. The Balaban J connectivity index is 4.65. The first kappa shape index (κ1) is 15.9. The van der Waals surface area contributed by atoms with Crippen LogP contribution in [0.1, 0.15) is 27.2 Å². The lowest BCUT2D eigenvalue weighted by Gasteiger charge is -2.30. The molecule has 6 heteroatoms. The highest BCUT2D eigenvalue weighted by Crippen LogP contribution is 2.41. The maximum absolute atomic E-state index is 13.3. The zero-order valence-corrected chi connectivity index (χ0v) is 10.0. The number of rotatable bonds is 6. The van der Waals surface area contributed by atoms with Crippen LogP contribution in [0.25, 0.3) is 0 Å². The second-order valence-electron chi connectivity index (χ2n) is 4.00. The molecule has 0 aliphatic rings. The summed E-state index contributed by atoms with van der Waals surface area (Å²) in [4.78, 5) is 11.0. The van der Waals surface area contributed by atoms with Crippen molar-refractivity contribution in [2.24, 2.45) is 5.92 Å². The summed E-state index contributed by atoms with van der Waals surface area (Å²) in [7, 11) is 0. The number of alkyl halides is 4. The van der Waals surface area contributed by atoms with Crippen LogP contribution in [-0.2, 0) is 9.53 Å². The summed E-state index contributed by atoms with van der Waals surface area (Å²) in [5.41, 5.74) is 0.0337. The van der Waals surface area contributed by atoms with E-state index in [1.807, 2.05) is 0 Å². The van der Waals surface area contributed by atoms with Crippen molar-refractivity contribution in [1.82, 2.24) is 0 Å². The van der Waals surface area contributed by atoms with Crippen LogP contribution in [0.2, 0.25) is 0 Å². The lowest BCUT2D eigenvalue weighted by atomic mass is 9.95. The average Bonchev–Trinajstić information content (AvgIpc) is 2.15. The second-order valence-corrected chi connectivity index (χ2v) is 4.00. The Hall–Kier alpha value is -1.07. The van der Waals surface area contributed by atoms with Gasteiger partial charge in [0.2, 0.25) is 0 Å². The van der Waals surface area contributed by atoms with Gasteiger partial charge in [0.05, 0.1) is 5.92 Å². The minimum Gasteiger partial charge on any atom is -0.462 e. The number of hydrogen-bond donors (Lipinski definition) is 0. The monoisotopic (exact) mass is 256 g/mol. The molecule has 0 saturated carbocycles. The van der Waals surface area contributed by atoms with E-state index in [4.69, 9.17) is 0 Å². The van der Waals surface area contributed by atoms with Gasteiger partial charge in [0.1, 0.15) is 6.61 Å². The Bertz CT molecular complexity index is 294. The Morgan fingerprint density at radius 1 is 1.35 bits per heavy atom. The Morgan fingerprint density at radius 2 is 1.82 bits per heavy atom. The summed E-state index contributed by atoms with van der Waals surface area (Å²) in [6.45, 7) is 5.33. The predicted molar refractivity (Wildman–Crippen MR) is 55.1 cm³/mol. The summed E-state index contributed by atoms with van der Waals surface area (Å²) in [5, 5.41) is 0. The molecular weight excluding hydrogens is 240 g/mol. The highest BCUT2D eigenvalue weighted by atomic mass is 19.3. The lowest BCUT2D eigenvalue weighted by Crippen LogP contribution is -2.46. The van der Waals surface area contributed by atoms with Crippen molar-refractivity contribution >= 4 is 5.97 Å². The van der Waals surface area contributed by atoms with Gasteiger partial charge in [-0.1, -0.05) is 13.5 Å². The van der Waals surface area contributed by atoms with Gasteiger partial charge < -0.3 is 4.74 Å². The SMILES string of the molecule is C=C(C)C(=O)OCC(CC)C(F)(F)C(C)(F)F. The molecule has 0 bridgehead atoms. The smallest absolute Gasteiger partial charge is 0.333 e. The molecule has 0 N–H and O–H groups in total. The minimum atomic E-state index is -4.21. The van der Waals surface area contributed by atoms with Gasteiger partial charge in [0, 0.05) is 12.5 Å². The molecule has 1 atom stereocenters. The first-order valence-electron chi connectivity index (χ1n) is 5.12. The van der Waals surface area contributed by atoms with E-state index in [9.17, 15) is 22.4 Å². The molecule has 0 saturated heterocycles. The van der Waals surface area contributed by atoms with Crippen molar-refractivity contribution in [2.45, 2.75) is 39.0 Å². The Morgan fingerprint density at radius 3 is 2.12 bits per heavy atom. The van der Waals surface area contributed by atoms with Gasteiger partial charge >= 0.3 is 17.8 Å². The van der Waals surface area contributed by atoms with Crippen molar-refractivity contribution in [3.05, 3.63) is 12.2 Å². The number of ether oxygens (including phenoxy) is 1. The normalized spacial score (nSPS) is 14.3. The number of carbonyl (C=O) groups excluding carboxylic acids is 1. The summed E-state index contributed by atoms with van der Waals surface area (Å²) in [6.07, 6.45) is -0.222. The average molecular weight is 256 g/mol. The van der Waals surface area contributed by atoms with Crippen molar-refractivity contribution in [1.29, 1.82) is 0 Å². The molecule has 0 aliphatic heterocycles. The molecular formula is C11H16F4O2. The fourth-order valence-corrected chi connectivity index (χ4v) is 1.14. The van der Waals surface area contributed by atoms with Crippen LogP contribution in [0.5, 0.6) is 0 Å². The number of halogens is 4. The van der Waals surface area contributed by atoms with E-state index >= 15 is 0 Å². The molecule has 0 aromatic rings. The third-order valence-corrected chi connectivity index (χ3v) is 2.35. The molecule has 100 valence electrons. The van der Waals surface area contributed by atoms with Crippen LogP contribution in [0.3, 0.4) is 0 Å². The van der Waals surface area contributed by atoms with Crippen LogP contribution in [0.4, 0.5) is 17.6 Å². The predicted octanol–water partition coefficient (Wildman–Crippen LogP) is 3.42. The molecule has 0 spiro atoms. The molecule has 0 fully saturated rings. The molecule has 2 nitrogen and oxygen atoms in total. The largest absolute Gasteiger partial charge is 0.462 e. The Kier molecular flexibility index (Phi) is 5.16. The van der Waals surface area contributed by atoms with Crippen molar-refractivity contribution in [3.63, 3.8) is 0 Å². The fourth-order valence-electron chi connectivity index (χ4n) is 1.14. The van der Waals surface area contributed by atoms with E-state index in [-0.39, 0.29) is 18.9 Å². The molecule has 0 rings (SSSR count). The summed E-state index contributed by atoms with van der Waals surface area (Å²) in [5.74, 6) is -10.9. The van der Waals surface area contributed by atoms with Gasteiger partial charge in [-0.3, -0.25) is 0 Å². The third-order valence-electron chi connectivity index (χ3n) is 2.35. The van der Waals surface area contributed by atoms with Gasteiger partial charge in [0.15, 0.2) is 0 Å². The summed E-state index contributed by atoms with van der Waals surface area (Å²) < 4.78 is 56.5. The number of esters is 1. The van der Waals surface area contributed by atoms with Gasteiger partial charge in [0.25, 0.3) is 0 Å². The number of hydrogen-bond acceptors (Lipinski definition) is 2. The van der Waals surface area contributed by atoms with E-state index < -0.39 is 30.3 Å². The minimum absolute atomic E-state index is 0.0337. The molecule has 0 amide bonds. The van der Waals surface area contributed by atoms with E-state index in [1.165, 1.54) is 13.8 Å². The van der Waals surface area contributed by atoms with Crippen LogP contribution in [0, 0.1) is 5.92 Å². The lowest BCUT2D eigenvalue weighted by molar-refractivity contribution is -0.234. The molecule has 17 heavy (non-hydrogen) atoms. The zero-order chi connectivity index (χ0) is 13.9. The van der Waals surface area contributed by atoms with Crippen LogP contribution < -0.4 is 0 Å². The van der Waals surface area contributed by atoms with Crippen molar-refractivity contribution in [3.8, 4) is 0 Å². The highest BCUT2D eigenvalue weighted by molar-refractivity contribution is 5.86. The van der Waals surface area contributed by atoms with E-state index in [0.29, 0.717) is 0 Å². The molecule has 0 aromatic heterocycles. The molecule has 0 radical (unpaired) electrons. The van der Waals surface area contributed by atoms with Gasteiger partial charge in [-0.05, 0) is 13.3 Å². The van der Waals surface area contributed by atoms with Crippen LogP contribution >= 0.6 is 0 Å². The maximum atomic E-state index is 13.3. The third kappa shape index (κ3) is 4.02. The van der Waals surface area contributed by atoms with Crippen molar-refractivity contribution in [2.75, 3.05) is 6.61 Å². The highest BCUT2D eigenvalue weighted by Gasteiger charge is 2.57. The maximum Gasteiger partial charge on any atom is 0.333 e. The molecule has 0 aromatic carbocycles. The first-order chi connectivity index (χ1) is 7.54. The van der Waals surface area contributed by atoms with E-state index in [1.54, 1.807) is 0 Å². The number of carbonyl (C=O) groups is 1. The molecule has 1 unspecified atom stereocenters. The molecule has 0 heterocycles. The summed E-state index contributed by atoms with van der Waals surface area (Å²) >= 11 is 0. The topological polar surface area (TPSA) is 26.3 Å². The fraction of sp³-hybridized carbons (Fsp3) is 0.727. The van der Waals surface area contributed by atoms with E-state index in [2.05, 4.69) is 11.3 Å². The van der Waals surface area contributed by atoms with Gasteiger partial charge in [-0.25, -0.2) is 13.6 Å². The van der Waals surface area contributed by atoms with Crippen LogP contribution in [-0.4, -0.2) is 24.4 Å². The summed E-state index contributed by atoms with van der Waals surface area (Å²) in [6, 6.07) is 0. The standard InChI is InChI=1S/C11H16F4O2/c1-5-8(6-17-9(16)7(2)3)11(14,15)10(4,12)13/h8H,2,5-6H2,1,3-4H3. The second kappa shape index (κ2) is 5.51. The molecule has 0 aliphatic carbocycles. The quantitative estimate of drug-likeness (QED) is 0.413. The van der Waals surface area contributed by atoms with E-state index in [0.717, 1.165) is 0 Å². The van der Waals surface area contributed by atoms with Crippen molar-refractivity contribution < 1.29 is 27.1 Å². The Labute approximate surface area is 97.6 Å². The van der Waals surface area contributed by atoms with Gasteiger partial charge in [-0.15, -0.1) is 0 Å². The van der Waals surface area contributed by atoms with Gasteiger partial charge in [-0.2, -0.15) is 8.78 Å².